The van der Waals surface area contributed by atoms with Crippen LogP contribution in [-0.4, -0.2) is 27.4 Å². The summed E-state index contributed by atoms with van der Waals surface area (Å²) in [5, 5.41) is 7.69. The van der Waals surface area contributed by atoms with E-state index in [-0.39, 0.29) is 0 Å². The van der Waals surface area contributed by atoms with E-state index in [0.29, 0.717) is 0 Å². The highest BCUT2D eigenvalue weighted by Gasteiger charge is 2.10. The lowest BCUT2D eigenvalue weighted by Crippen LogP contribution is -2.31. The van der Waals surface area contributed by atoms with Crippen molar-refractivity contribution in [2.45, 2.75) is 51.1 Å². The number of rotatable bonds is 4. The Bertz CT molecular complexity index is 250. The Morgan fingerprint density at radius 1 is 1.20 bits per heavy atom. The summed E-state index contributed by atoms with van der Waals surface area (Å²) in [5.74, 6) is 0. The summed E-state index contributed by atoms with van der Waals surface area (Å²) in [6.07, 6.45) is 11.7. The van der Waals surface area contributed by atoms with Gasteiger partial charge in [0, 0.05) is 12.6 Å². The fourth-order valence-electron chi connectivity index (χ4n) is 2.21. The van der Waals surface area contributed by atoms with Crippen LogP contribution in [0.15, 0.2) is 12.7 Å². The molecule has 1 aromatic rings. The number of aromatic nitrogens is 3. The summed E-state index contributed by atoms with van der Waals surface area (Å²) >= 11 is 0. The molecule has 4 heteroatoms. The Labute approximate surface area is 91.1 Å². The Morgan fingerprint density at radius 2 is 2.00 bits per heavy atom. The van der Waals surface area contributed by atoms with Crippen molar-refractivity contribution in [3.63, 3.8) is 0 Å². The number of hydrogen-bond donors (Lipinski definition) is 1. The molecule has 4 nitrogen and oxygen atoms in total. The Morgan fingerprint density at radius 3 is 2.67 bits per heavy atom. The van der Waals surface area contributed by atoms with E-state index >= 15 is 0 Å². The molecule has 84 valence electrons. The van der Waals surface area contributed by atoms with Crippen molar-refractivity contribution in [1.29, 1.82) is 0 Å². The molecule has 2 rings (SSSR count). The summed E-state index contributed by atoms with van der Waals surface area (Å²) in [4.78, 5) is 3.93. The van der Waals surface area contributed by atoms with Gasteiger partial charge in [0.05, 0.1) is 6.54 Å². The number of nitrogens with zero attached hydrogens (tertiary/aromatic N) is 3. The molecule has 0 unspecified atom stereocenters. The van der Waals surface area contributed by atoms with Crippen molar-refractivity contribution < 1.29 is 0 Å². The predicted octanol–water partition coefficient (Wildman–Crippen LogP) is 1.59. The average Bonchev–Trinajstić information content (AvgIpc) is 2.62. The third-order valence-electron chi connectivity index (χ3n) is 3.10. The molecule has 0 amide bonds. The molecule has 15 heavy (non-hydrogen) atoms. The van der Waals surface area contributed by atoms with E-state index in [1.165, 1.54) is 38.5 Å². The van der Waals surface area contributed by atoms with Crippen LogP contribution < -0.4 is 5.32 Å². The first-order valence-corrected chi connectivity index (χ1v) is 6.01. The third-order valence-corrected chi connectivity index (χ3v) is 3.10. The van der Waals surface area contributed by atoms with Gasteiger partial charge in [-0.1, -0.05) is 25.7 Å². The molecule has 1 aliphatic carbocycles. The second kappa shape index (κ2) is 5.85. The molecule has 0 atom stereocenters. The molecule has 0 spiro atoms. The summed E-state index contributed by atoms with van der Waals surface area (Å²) in [6.45, 7) is 1.94. The second-order valence-electron chi connectivity index (χ2n) is 4.30. The van der Waals surface area contributed by atoms with E-state index < -0.39 is 0 Å². The van der Waals surface area contributed by atoms with Gasteiger partial charge in [-0.05, 0) is 12.8 Å². The van der Waals surface area contributed by atoms with Crippen LogP contribution in [0.4, 0.5) is 0 Å². The highest BCUT2D eigenvalue weighted by molar-refractivity contribution is 4.70. The Kier molecular flexibility index (Phi) is 4.14. The molecule has 1 aromatic heterocycles. The lowest BCUT2D eigenvalue weighted by atomic mass is 10.1. The van der Waals surface area contributed by atoms with Gasteiger partial charge < -0.3 is 5.32 Å². The van der Waals surface area contributed by atoms with Crippen LogP contribution in [-0.2, 0) is 6.54 Å². The quantitative estimate of drug-likeness (QED) is 0.764. The molecular formula is C11H20N4. The van der Waals surface area contributed by atoms with Gasteiger partial charge in [-0.3, -0.25) is 4.68 Å². The summed E-state index contributed by atoms with van der Waals surface area (Å²) < 4.78 is 1.88. The summed E-state index contributed by atoms with van der Waals surface area (Å²) in [5.41, 5.74) is 0. The molecule has 0 aliphatic heterocycles. The second-order valence-corrected chi connectivity index (χ2v) is 4.30. The Balaban J connectivity index is 1.64. The number of nitrogens with one attached hydrogen (secondary N) is 1. The molecule has 0 saturated heterocycles. The lowest BCUT2D eigenvalue weighted by molar-refractivity contribution is 0.436. The van der Waals surface area contributed by atoms with Crippen LogP contribution in [0, 0.1) is 0 Å². The van der Waals surface area contributed by atoms with Crippen molar-refractivity contribution in [2.75, 3.05) is 6.54 Å². The SMILES string of the molecule is c1ncn(CCNC2CCCCCC2)n1. The molecule has 1 aliphatic rings. The van der Waals surface area contributed by atoms with Crippen LogP contribution in [0.5, 0.6) is 0 Å². The van der Waals surface area contributed by atoms with E-state index in [1.807, 2.05) is 4.68 Å². The maximum atomic E-state index is 4.08. The fourth-order valence-corrected chi connectivity index (χ4v) is 2.21. The van der Waals surface area contributed by atoms with Gasteiger partial charge in [0.25, 0.3) is 0 Å². The average molecular weight is 208 g/mol. The zero-order valence-electron chi connectivity index (χ0n) is 9.23. The lowest BCUT2D eigenvalue weighted by Gasteiger charge is -2.15. The smallest absolute Gasteiger partial charge is 0.137 e. The number of hydrogen-bond acceptors (Lipinski definition) is 3. The minimum Gasteiger partial charge on any atom is -0.312 e. The molecule has 0 radical (unpaired) electrons. The minimum atomic E-state index is 0.732. The summed E-state index contributed by atoms with van der Waals surface area (Å²) in [7, 11) is 0. The molecule has 0 bridgehead atoms. The van der Waals surface area contributed by atoms with Crippen LogP contribution in [0.2, 0.25) is 0 Å². The molecule has 0 aromatic carbocycles. The monoisotopic (exact) mass is 208 g/mol. The van der Waals surface area contributed by atoms with Crippen LogP contribution in [0.1, 0.15) is 38.5 Å². The van der Waals surface area contributed by atoms with Crippen LogP contribution >= 0.6 is 0 Å². The van der Waals surface area contributed by atoms with Gasteiger partial charge in [-0.2, -0.15) is 5.10 Å². The van der Waals surface area contributed by atoms with E-state index in [1.54, 1.807) is 12.7 Å². The van der Waals surface area contributed by atoms with E-state index in [0.717, 1.165) is 19.1 Å². The normalized spacial score (nSPS) is 18.9. The van der Waals surface area contributed by atoms with Crippen LogP contribution in [0.25, 0.3) is 0 Å². The zero-order valence-corrected chi connectivity index (χ0v) is 9.23. The van der Waals surface area contributed by atoms with Gasteiger partial charge in [0.15, 0.2) is 0 Å². The maximum Gasteiger partial charge on any atom is 0.137 e. The van der Waals surface area contributed by atoms with Crippen molar-refractivity contribution in [3.05, 3.63) is 12.7 Å². The fraction of sp³-hybridized carbons (Fsp3) is 0.818. The largest absolute Gasteiger partial charge is 0.312 e. The standard InChI is InChI=1S/C11H20N4/c1-2-4-6-11(5-3-1)13-7-8-15-10-12-9-14-15/h9-11,13H,1-8H2. The van der Waals surface area contributed by atoms with Gasteiger partial charge in [0.1, 0.15) is 12.7 Å². The topological polar surface area (TPSA) is 42.7 Å². The van der Waals surface area contributed by atoms with Gasteiger partial charge in [-0.15, -0.1) is 0 Å². The van der Waals surface area contributed by atoms with Crippen LogP contribution in [0.3, 0.4) is 0 Å². The maximum absolute atomic E-state index is 4.08. The molecular weight excluding hydrogens is 188 g/mol. The van der Waals surface area contributed by atoms with Gasteiger partial charge in [-0.25, -0.2) is 4.98 Å². The Hall–Kier alpha value is -0.900. The molecule has 1 fully saturated rings. The first-order chi connectivity index (χ1) is 7.45. The molecule has 1 N–H and O–H groups in total. The predicted molar refractivity (Wildman–Crippen MR) is 59.5 cm³/mol. The molecule has 1 heterocycles. The minimum absolute atomic E-state index is 0.732. The molecule has 1 saturated carbocycles. The van der Waals surface area contributed by atoms with Crippen molar-refractivity contribution >= 4 is 0 Å². The summed E-state index contributed by atoms with van der Waals surface area (Å²) in [6, 6.07) is 0.732. The van der Waals surface area contributed by atoms with Crippen molar-refractivity contribution in [1.82, 2.24) is 20.1 Å². The van der Waals surface area contributed by atoms with E-state index in [4.69, 9.17) is 0 Å². The van der Waals surface area contributed by atoms with Gasteiger partial charge >= 0.3 is 0 Å². The first-order valence-electron chi connectivity index (χ1n) is 6.01. The third kappa shape index (κ3) is 3.63. The first kappa shape index (κ1) is 10.6. The van der Waals surface area contributed by atoms with Crippen molar-refractivity contribution in [3.8, 4) is 0 Å². The van der Waals surface area contributed by atoms with Gasteiger partial charge in [0.2, 0.25) is 0 Å². The van der Waals surface area contributed by atoms with Crippen molar-refractivity contribution in [2.24, 2.45) is 0 Å². The van der Waals surface area contributed by atoms with E-state index in [2.05, 4.69) is 15.4 Å². The highest BCUT2D eigenvalue weighted by Crippen LogP contribution is 2.16. The van der Waals surface area contributed by atoms with E-state index in [9.17, 15) is 0 Å². The zero-order chi connectivity index (χ0) is 10.3. The highest BCUT2D eigenvalue weighted by atomic mass is 15.3.